The molecule has 0 atom stereocenters. The maximum atomic E-state index is 12.1. The molecule has 102 valence electrons. The van der Waals surface area contributed by atoms with Crippen molar-refractivity contribution in [2.45, 2.75) is 6.92 Å². The van der Waals surface area contributed by atoms with Crippen LogP contribution < -0.4 is 9.47 Å². The van der Waals surface area contributed by atoms with Gasteiger partial charge in [0.15, 0.2) is 17.3 Å². The van der Waals surface area contributed by atoms with Crippen LogP contribution in [0.5, 0.6) is 11.5 Å². The van der Waals surface area contributed by atoms with E-state index in [9.17, 15) is 9.59 Å². The third-order valence-corrected chi connectivity index (χ3v) is 3.48. The highest BCUT2D eigenvalue weighted by Crippen LogP contribution is 2.36. The molecule has 2 aromatic rings. The van der Waals surface area contributed by atoms with E-state index in [1.807, 2.05) is 0 Å². The number of aromatic amines is 1. The van der Waals surface area contributed by atoms with Gasteiger partial charge in [0.1, 0.15) is 0 Å². The maximum Gasteiger partial charge on any atom is 0.205 e. The molecule has 0 aliphatic heterocycles. The number of allylic oxidation sites excluding steroid dienone is 2. The van der Waals surface area contributed by atoms with Crippen molar-refractivity contribution in [3.8, 4) is 11.5 Å². The maximum absolute atomic E-state index is 12.1. The Morgan fingerprint density at radius 1 is 1.05 bits per heavy atom. The van der Waals surface area contributed by atoms with Gasteiger partial charge in [-0.3, -0.25) is 9.59 Å². The molecule has 3 rings (SSSR count). The molecule has 1 heterocycles. The Morgan fingerprint density at radius 3 is 2.35 bits per heavy atom. The molecule has 0 spiro atoms. The molecule has 1 aliphatic carbocycles. The first-order chi connectivity index (χ1) is 9.56. The van der Waals surface area contributed by atoms with Crippen LogP contribution in [-0.4, -0.2) is 30.8 Å². The number of nitrogens with one attached hydrogen (secondary N) is 1. The van der Waals surface area contributed by atoms with Crippen molar-refractivity contribution in [2.75, 3.05) is 14.2 Å². The summed E-state index contributed by atoms with van der Waals surface area (Å²) in [4.78, 5) is 27.3. The molecule has 0 saturated heterocycles. The van der Waals surface area contributed by atoms with Gasteiger partial charge in [0.05, 0.1) is 31.0 Å². The van der Waals surface area contributed by atoms with E-state index in [1.165, 1.54) is 20.3 Å². The number of ether oxygens (including phenoxy) is 2. The Bertz CT molecular complexity index is 783. The first-order valence-electron chi connectivity index (χ1n) is 6.12. The minimum absolute atomic E-state index is 0.159. The second kappa shape index (κ2) is 4.23. The number of H-pyrrole nitrogens is 1. The summed E-state index contributed by atoms with van der Waals surface area (Å²) in [6.45, 7) is 1.63. The van der Waals surface area contributed by atoms with Gasteiger partial charge in [-0.2, -0.15) is 0 Å². The summed E-state index contributed by atoms with van der Waals surface area (Å²) < 4.78 is 10.5. The number of benzene rings is 1. The molecular formula is C15H13NO4. The van der Waals surface area contributed by atoms with Gasteiger partial charge in [0.25, 0.3) is 0 Å². The van der Waals surface area contributed by atoms with Crippen molar-refractivity contribution >= 4 is 22.5 Å². The lowest BCUT2D eigenvalue weighted by atomic mass is 9.94. The first-order valence-corrected chi connectivity index (χ1v) is 6.12. The standard InChI is InChI=1S/C15H13NO4/c1-7-4-10(17)13-8-5-11(19-2)12(20-3)6-9(8)16-14(13)15(7)18/h4-6,16H,1-3H3. The fraction of sp³-hybridized carbons (Fsp3) is 0.200. The Balaban J connectivity index is 2.35. The number of hydrogen-bond donors (Lipinski definition) is 1. The minimum Gasteiger partial charge on any atom is -0.493 e. The van der Waals surface area contributed by atoms with Crippen LogP contribution in [-0.2, 0) is 0 Å². The lowest BCUT2D eigenvalue weighted by Gasteiger charge is -2.09. The molecule has 0 saturated carbocycles. The monoisotopic (exact) mass is 271 g/mol. The van der Waals surface area contributed by atoms with Gasteiger partial charge in [-0.25, -0.2) is 0 Å². The SMILES string of the molecule is COc1cc2[nH]c3c(c2cc1OC)C(=O)C=C(C)C3=O. The summed E-state index contributed by atoms with van der Waals surface area (Å²) in [5.41, 5.74) is 1.85. The van der Waals surface area contributed by atoms with Gasteiger partial charge in [0.2, 0.25) is 5.78 Å². The Kier molecular flexibility index (Phi) is 2.64. The van der Waals surface area contributed by atoms with Crippen molar-refractivity contribution in [1.29, 1.82) is 0 Å². The van der Waals surface area contributed by atoms with Gasteiger partial charge in [-0.05, 0) is 19.1 Å². The molecule has 0 fully saturated rings. The molecule has 1 N–H and O–H groups in total. The quantitative estimate of drug-likeness (QED) is 0.911. The molecule has 0 radical (unpaired) electrons. The summed E-state index contributed by atoms with van der Waals surface area (Å²) in [6.07, 6.45) is 1.37. The van der Waals surface area contributed by atoms with E-state index < -0.39 is 0 Å². The number of methoxy groups -OCH3 is 2. The average molecular weight is 271 g/mol. The zero-order valence-electron chi connectivity index (χ0n) is 11.4. The van der Waals surface area contributed by atoms with E-state index in [-0.39, 0.29) is 11.6 Å². The summed E-state index contributed by atoms with van der Waals surface area (Å²) in [6, 6.07) is 3.44. The molecule has 5 heteroatoms. The third-order valence-electron chi connectivity index (χ3n) is 3.48. The fourth-order valence-electron chi connectivity index (χ4n) is 2.48. The van der Waals surface area contributed by atoms with Gasteiger partial charge in [-0.15, -0.1) is 0 Å². The molecule has 1 aromatic heterocycles. The number of ketones is 2. The normalized spacial score (nSPS) is 14.2. The number of carbonyl (C=O) groups is 2. The summed E-state index contributed by atoms with van der Waals surface area (Å²) >= 11 is 0. The van der Waals surface area contributed by atoms with Gasteiger partial charge < -0.3 is 14.5 Å². The van der Waals surface area contributed by atoms with Crippen LogP contribution >= 0.6 is 0 Å². The Morgan fingerprint density at radius 2 is 1.70 bits per heavy atom. The molecule has 0 amide bonds. The summed E-state index contributed by atoms with van der Waals surface area (Å²) in [5.74, 6) is 0.737. The van der Waals surface area contributed by atoms with Crippen LogP contribution in [0, 0.1) is 0 Å². The molecule has 5 nitrogen and oxygen atoms in total. The average Bonchev–Trinajstić information content (AvgIpc) is 2.82. The van der Waals surface area contributed by atoms with Crippen molar-refractivity contribution in [3.63, 3.8) is 0 Å². The highest BCUT2D eigenvalue weighted by atomic mass is 16.5. The zero-order chi connectivity index (χ0) is 14.4. The number of Topliss-reactive ketones (excluding diaryl/α,β-unsaturated/α-hetero) is 1. The highest BCUT2D eigenvalue weighted by molar-refractivity contribution is 6.28. The van der Waals surface area contributed by atoms with Gasteiger partial charge >= 0.3 is 0 Å². The topological polar surface area (TPSA) is 68.4 Å². The molecule has 1 aromatic carbocycles. The molecule has 1 aliphatic rings. The van der Waals surface area contributed by atoms with Crippen molar-refractivity contribution in [3.05, 3.63) is 35.0 Å². The van der Waals surface area contributed by atoms with Crippen LogP contribution in [0.3, 0.4) is 0 Å². The summed E-state index contributed by atoms with van der Waals surface area (Å²) in [5, 5.41) is 0.666. The Labute approximate surface area is 115 Å². The summed E-state index contributed by atoms with van der Waals surface area (Å²) in [7, 11) is 3.06. The number of hydrogen-bond acceptors (Lipinski definition) is 4. The molecule has 0 unspecified atom stereocenters. The second-order valence-electron chi connectivity index (χ2n) is 4.65. The van der Waals surface area contributed by atoms with E-state index in [0.717, 1.165) is 0 Å². The van der Waals surface area contributed by atoms with Crippen molar-refractivity contribution in [2.24, 2.45) is 0 Å². The molecular weight excluding hydrogens is 258 g/mol. The number of carbonyl (C=O) groups excluding carboxylic acids is 2. The second-order valence-corrected chi connectivity index (χ2v) is 4.65. The van der Waals surface area contributed by atoms with Gasteiger partial charge in [0, 0.05) is 17.0 Å². The largest absolute Gasteiger partial charge is 0.493 e. The lowest BCUT2D eigenvalue weighted by molar-refractivity contribution is 0.0983. The molecule has 0 bridgehead atoms. The fourth-order valence-corrected chi connectivity index (χ4v) is 2.48. The predicted molar refractivity (Wildman–Crippen MR) is 73.8 cm³/mol. The van der Waals surface area contributed by atoms with E-state index in [0.29, 0.717) is 39.2 Å². The van der Waals surface area contributed by atoms with Crippen molar-refractivity contribution < 1.29 is 19.1 Å². The minimum atomic E-state index is -0.171. The van der Waals surface area contributed by atoms with Gasteiger partial charge in [-0.1, -0.05) is 0 Å². The van der Waals surface area contributed by atoms with Crippen LogP contribution in [0.1, 0.15) is 27.8 Å². The third kappa shape index (κ3) is 1.56. The highest BCUT2D eigenvalue weighted by Gasteiger charge is 2.28. The van der Waals surface area contributed by atoms with E-state index in [1.54, 1.807) is 19.1 Å². The number of fused-ring (bicyclic) bond motifs is 3. The van der Waals surface area contributed by atoms with Crippen LogP contribution in [0.25, 0.3) is 10.9 Å². The van der Waals surface area contributed by atoms with E-state index in [4.69, 9.17) is 9.47 Å². The van der Waals surface area contributed by atoms with E-state index >= 15 is 0 Å². The smallest absolute Gasteiger partial charge is 0.205 e. The van der Waals surface area contributed by atoms with Crippen molar-refractivity contribution in [1.82, 2.24) is 4.98 Å². The lowest BCUT2D eigenvalue weighted by Crippen LogP contribution is -2.14. The predicted octanol–water partition coefficient (Wildman–Crippen LogP) is 2.51. The van der Waals surface area contributed by atoms with E-state index in [2.05, 4.69) is 4.98 Å². The zero-order valence-corrected chi connectivity index (χ0v) is 11.4. The molecule has 20 heavy (non-hydrogen) atoms. The van der Waals surface area contributed by atoms with Crippen LogP contribution in [0.4, 0.5) is 0 Å². The number of aromatic nitrogens is 1. The first kappa shape index (κ1) is 12.5. The van der Waals surface area contributed by atoms with Crippen LogP contribution in [0.15, 0.2) is 23.8 Å². The Hall–Kier alpha value is -2.56. The van der Waals surface area contributed by atoms with Crippen LogP contribution in [0.2, 0.25) is 0 Å². The number of rotatable bonds is 2.